The summed E-state index contributed by atoms with van der Waals surface area (Å²) in [6, 6.07) is 0. The lowest BCUT2D eigenvalue weighted by atomic mass is 9.47. The number of rotatable bonds is 5. The molecule has 1 aliphatic heterocycles. The second kappa shape index (κ2) is 9.54. The maximum atomic E-state index is 12.1. The lowest BCUT2D eigenvalue weighted by Crippen LogP contribution is -2.51. The van der Waals surface area contributed by atoms with E-state index in [1.54, 1.807) is 5.57 Å². The topological polar surface area (TPSA) is 49.8 Å². The number of aliphatic hydroxyl groups excluding tert-OH is 1. The molecule has 5 aliphatic rings. The van der Waals surface area contributed by atoms with Gasteiger partial charge in [-0.15, -0.1) is 0 Å². The molecule has 4 heteroatoms. The van der Waals surface area contributed by atoms with Gasteiger partial charge in [0.05, 0.1) is 18.6 Å². The van der Waals surface area contributed by atoms with E-state index in [4.69, 9.17) is 4.74 Å². The van der Waals surface area contributed by atoms with Crippen LogP contribution in [0.3, 0.4) is 0 Å². The molecule has 192 valence electrons. The summed E-state index contributed by atoms with van der Waals surface area (Å²) in [7, 11) is 0. The minimum atomic E-state index is -0.108. The first-order valence-corrected chi connectivity index (χ1v) is 14.5. The largest absolute Gasteiger partial charge is 0.466 e. The van der Waals surface area contributed by atoms with Gasteiger partial charge in [0.15, 0.2) is 0 Å². The SMILES string of the molecule is CCOC(=O)C1CCN(C[C@@H](C)[C@H]2CCC3C4CC=C5C[C@@H](O)CC[C@]5(C)C4CC[C@@]32C)CC1. The van der Waals surface area contributed by atoms with Crippen LogP contribution in [0, 0.1) is 46.3 Å². The standard InChI is InChI=1S/C30H49NO3/c1-5-34-28(33)21-12-16-31(17-13-21)19-20(2)25-8-9-26-24-7-6-22-18-23(32)10-14-29(22,3)27(24)11-15-30(25,26)4/h6,20-21,23-27,32H,5,7-19H2,1-4H3/t20-,23+,24?,25-,26?,27?,29+,30-/m1/s1. The number of esters is 1. The molecule has 0 amide bonds. The van der Waals surface area contributed by atoms with E-state index in [0.717, 1.165) is 68.4 Å². The Labute approximate surface area is 207 Å². The van der Waals surface area contributed by atoms with Crippen molar-refractivity contribution in [1.29, 1.82) is 0 Å². The predicted octanol–water partition coefficient (Wildman–Crippen LogP) is 5.84. The zero-order valence-electron chi connectivity index (χ0n) is 22.2. The molecule has 4 fully saturated rings. The Bertz CT molecular complexity index is 786. The van der Waals surface area contributed by atoms with Gasteiger partial charge in [-0.25, -0.2) is 0 Å². The van der Waals surface area contributed by atoms with Crippen molar-refractivity contribution in [1.82, 2.24) is 4.90 Å². The molecule has 34 heavy (non-hydrogen) atoms. The molecule has 0 aromatic heterocycles. The third kappa shape index (κ3) is 4.19. The van der Waals surface area contributed by atoms with Gasteiger partial charge in [-0.05, 0) is 125 Å². The van der Waals surface area contributed by atoms with Gasteiger partial charge in [-0.2, -0.15) is 0 Å². The summed E-state index contributed by atoms with van der Waals surface area (Å²) >= 11 is 0. The smallest absolute Gasteiger partial charge is 0.309 e. The third-order valence-electron chi connectivity index (χ3n) is 11.6. The number of likely N-dealkylation sites (tertiary alicyclic amines) is 1. The van der Waals surface area contributed by atoms with Gasteiger partial charge in [0, 0.05) is 6.54 Å². The van der Waals surface area contributed by atoms with Crippen molar-refractivity contribution in [3.8, 4) is 0 Å². The molecule has 5 rings (SSSR count). The number of fused-ring (bicyclic) bond motifs is 5. The van der Waals surface area contributed by atoms with Crippen molar-refractivity contribution in [2.75, 3.05) is 26.2 Å². The van der Waals surface area contributed by atoms with E-state index in [-0.39, 0.29) is 18.0 Å². The Kier molecular flexibility index (Phi) is 6.96. The highest BCUT2D eigenvalue weighted by molar-refractivity contribution is 5.72. The van der Waals surface area contributed by atoms with Gasteiger partial charge in [0.1, 0.15) is 0 Å². The molecule has 1 heterocycles. The van der Waals surface area contributed by atoms with Crippen molar-refractivity contribution in [3.05, 3.63) is 11.6 Å². The number of nitrogens with zero attached hydrogens (tertiary/aromatic N) is 1. The van der Waals surface area contributed by atoms with E-state index in [1.165, 1.54) is 45.1 Å². The summed E-state index contributed by atoms with van der Waals surface area (Å²) in [5.41, 5.74) is 2.42. The molecule has 0 spiro atoms. The Hall–Kier alpha value is -0.870. The summed E-state index contributed by atoms with van der Waals surface area (Å²) in [6.45, 7) is 13.4. The highest BCUT2D eigenvalue weighted by Gasteiger charge is 2.59. The van der Waals surface area contributed by atoms with Gasteiger partial charge >= 0.3 is 5.97 Å². The molecule has 0 radical (unpaired) electrons. The van der Waals surface area contributed by atoms with Crippen molar-refractivity contribution < 1.29 is 14.6 Å². The molecule has 8 atom stereocenters. The number of aliphatic hydroxyl groups is 1. The molecule has 1 N–H and O–H groups in total. The minimum Gasteiger partial charge on any atom is -0.466 e. The zero-order chi connectivity index (χ0) is 24.1. The van der Waals surface area contributed by atoms with Crippen LogP contribution in [0.4, 0.5) is 0 Å². The molecule has 3 saturated carbocycles. The average molecular weight is 472 g/mol. The lowest BCUT2D eigenvalue weighted by Gasteiger charge is -2.58. The van der Waals surface area contributed by atoms with Crippen molar-refractivity contribution in [2.24, 2.45) is 46.3 Å². The van der Waals surface area contributed by atoms with E-state index in [2.05, 4.69) is 31.7 Å². The average Bonchev–Trinajstić information content (AvgIpc) is 3.17. The second-order valence-electron chi connectivity index (χ2n) is 13.2. The van der Waals surface area contributed by atoms with Gasteiger partial charge < -0.3 is 14.7 Å². The van der Waals surface area contributed by atoms with Crippen molar-refractivity contribution in [2.45, 2.75) is 98.0 Å². The summed E-state index contributed by atoms with van der Waals surface area (Å²) in [4.78, 5) is 14.8. The molecule has 4 nitrogen and oxygen atoms in total. The fraction of sp³-hybridized carbons (Fsp3) is 0.900. The second-order valence-corrected chi connectivity index (χ2v) is 13.2. The summed E-state index contributed by atoms with van der Waals surface area (Å²) in [5, 5.41) is 10.3. The summed E-state index contributed by atoms with van der Waals surface area (Å²) in [6.07, 6.45) is 14.3. The van der Waals surface area contributed by atoms with E-state index in [1.807, 2.05) is 6.92 Å². The first-order valence-electron chi connectivity index (χ1n) is 14.5. The molecule has 0 aromatic carbocycles. The van der Waals surface area contributed by atoms with Crippen LogP contribution in [-0.4, -0.2) is 48.3 Å². The fourth-order valence-electron chi connectivity index (χ4n) is 9.76. The van der Waals surface area contributed by atoms with Crippen LogP contribution in [0.2, 0.25) is 0 Å². The molecule has 0 aromatic rings. The molecule has 4 aliphatic carbocycles. The van der Waals surface area contributed by atoms with E-state index in [0.29, 0.717) is 17.4 Å². The summed E-state index contributed by atoms with van der Waals surface area (Å²) in [5.74, 6) is 4.23. The third-order valence-corrected chi connectivity index (χ3v) is 11.6. The van der Waals surface area contributed by atoms with Crippen LogP contribution < -0.4 is 0 Å². The Morgan fingerprint density at radius 1 is 1.12 bits per heavy atom. The number of carbonyl (C=O) groups is 1. The molecular formula is C30H49NO3. The number of allylic oxidation sites excluding steroid dienone is 1. The monoisotopic (exact) mass is 471 g/mol. The van der Waals surface area contributed by atoms with Gasteiger partial charge in [0.25, 0.3) is 0 Å². The van der Waals surface area contributed by atoms with Gasteiger partial charge in [-0.3, -0.25) is 4.79 Å². The number of piperidine rings is 1. The zero-order valence-corrected chi connectivity index (χ0v) is 22.2. The van der Waals surface area contributed by atoms with E-state index in [9.17, 15) is 9.90 Å². The van der Waals surface area contributed by atoms with Crippen LogP contribution >= 0.6 is 0 Å². The predicted molar refractivity (Wildman–Crippen MR) is 136 cm³/mol. The number of hydrogen-bond acceptors (Lipinski definition) is 4. The van der Waals surface area contributed by atoms with Crippen molar-refractivity contribution in [3.63, 3.8) is 0 Å². The normalized spacial score (nSPS) is 43.9. The molecular weight excluding hydrogens is 422 g/mol. The Morgan fingerprint density at radius 2 is 1.88 bits per heavy atom. The highest BCUT2D eigenvalue weighted by Crippen LogP contribution is 2.67. The van der Waals surface area contributed by atoms with E-state index >= 15 is 0 Å². The minimum absolute atomic E-state index is 0.0176. The van der Waals surface area contributed by atoms with Gasteiger partial charge in [-0.1, -0.05) is 32.4 Å². The highest BCUT2D eigenvalue weighted by atomic mass is 16.5. The first-order chi connectivity index (χ1) is 16.3. The lowest BCUT2D eigenvalue weighted by molar-refractivity contribution is -0.149. The fourth-order valence-corrected chi connectivity index (χ4v) is 9.76. The van der Waals surface area contributed by atoms with Crippen LogP contribution in [0.25, 0.3) is 0 Å². The quantitative estimate of drug-likeness (QED) is 0.404. The number of ether oxygens (including phenoxy) is 1. The van der Waals surface area contributed by atoms with Crippen LogP contribution in [-0.2, 0) is 9.53 Å². The molecule has 0 bridgehead atoms. The van der Waals surface area contributed by atoms with Crippen LogP contribution in [0.15, 0.2) is 11.6 Å². The maximum Gasteiger partial charge on any atom is 0.309 e. The van der Waals surface area contributed by atoms with E-state index < -0.39 is 0 Å². The van der Waals surface area contributed by atoms with Crippen molar-refractivity contribution >= 4 is 5.97 Å². The molecule has 3 unspecified atom stereocenters. The number of carbonyl (C=O) groups excluding carboxylic acids is 1. The maximum absolute atomic E-state index is 12.1. The molecule has 1 saturated heterocycles. The van der Waals surface area contributed by atoms with Gasteiger partial charge in [0.2, 0.25) is 0 Å². The summed E-state index contributed by atoms with van der Waals surface area (Å²) < 4.78 is 5.27. The first kappa shape index (κ1) is 24.8. The Balaban J connectivity index is 1.22. The number of hydrogen-bond donors (Lipinski definition) is 1. The van der Waals surface area contributed by atoms with Crippen LogP contribution in [0.1, 0.15) is 91.9 Å². The Morgan fingerprint density at radius 3 is 2.62 bits per heavy atom. The van der Waals surface area contributed by atoms with Crippen LogP contribution in [0.5, 0.6) is 0 Å².